The minimum absolute atomic E-state index is 0.291. The highest BCUT2D eigenvalue weighted by Gasteiger charge is 2.17. The number of nitrogen functional groups attached to an aromatic ring is 1. The maximum Gasteiger partial charge on any atom is 0.262 e. The smallest absolute Gasteiger partial charge is 0.262 e. The normalized spacial score (nSPS) is 11.3. The van der Waals surface area contributed by atoms with E-state index in [4.69, 9.17) is 5.73 Å². The fourth-order valence-corrected chi connectivity index (χ4v) is 3.46. The van der Waals surface area contributed by atoms with Crippen LogP contribution in [0.1, 0.15) is 16.7 Å². The highest BCUT2D eigenvalue weighted by atomic mass is 32.2. The van der Waals surface area contributed by atoms with E-state index in [9.17, 15) is 8.42 Å². The third-order valence-corrected chi connectivity index (χ3v) is 4.64. The summed E-state index contributed by atoms with van der Waals surface area (Å²) in [5.41, 5.74) is 9.37. The van der Waals surface area contributed by atoms with Crippen molar-refractivity contribution in [2.24, 2.45) is 0 Å². The molecule has 0 unspecified atom stereocenters. The van der Waals surface area contributed by atoms with E-state index in [1.54, 1.807) is 37.3 Å². The number of hydrogen-bond acceptors (Lipinski definition) is 3. The van der Waals surface area contributed by atoms with Crippen LogP contribution in [0.25, 0.3) is 0 Å². The van der Waals surface area contributed by atoms with Gasteiger partial charge in [-0.15, -0.1) is 0 Å². The van der Waals surface area contributed by atoms with E-state index in [1.165, 1.54) is 0 Å². The van der Waals surface area contributed by atoms with Gasteiger partial charge < -0.3 is 5.73 Å². The molecule has 0 heterocycles. The number of aryl methyl sites for hydroxylation is 3. The summed E-state index contributed by atoms with van der Waals surface area (Å²) in [5, 5.41) is 0. The SMILES string of the molecule is Cc1ccc(S(=O)(=O)Nc2ccc(N)cc2C)c(C)c1. The van der Waals surface area contributed by atoms with Crippen LogP contribution in [0.4, 0.5) is 11.4 Å². The lowest BCUT2D eigenvalue weighted by Crippen LogP contribution is -2.15. The summed E-state index contributed by atoms with van der Waals surface area (Å²) in [6, 6.07) is 10.3. The van der Waals surface area contributed by atoms with E-state index < -0.39 is 10.0 Å². The van der Waals surface area contributed by atoms with Crippen molar-refractivity contribution < 1.29 is 8.42 Å². The molecule has 2 aromatic rings. The second-order valence-electron chi connectivity index (χ2n) is 4.95. The molecule has 106 valence electrons. The number of nitrogens with one attached hydrogen (secondary N) is 1. The molecule has 0 aliphatic carbocycles. The predicted octanol–water partition coefficient (Wildman–Crippen LogP) is 2.99. The first-order chi connectivity index (χ1) is 9.29. The van der Waals surface area contributed by atoms with Crippen molar-refractivity contribution in [3.63, 3.8) is 0 Å². The van der Waals surface area contributed by atoms with Crippen LogP contribution < -0.4 is 10.5 Å². The molecule has 0 atom stereocenters. The van der Waals surface area contributed by atoms with Gasteiger partial charge in [-0.1, -0.05) is 17.7 Å². The van der Waals surface area contributed by atoms with E-state index in [1.807, 2.05) is 19.9 Å². The molecule has 4 nitrogen and oxygen atoms in total. The molecule has 0 bridgehead atoms. The Morgan fingerprint density at radius 2 is 1.65 bits per heavy atom. The number of hydrogen-bond donors (Lipinski definition) is 2. The monoisotopic (exact) mass is 290 g/mol. The van der Waals surface area contributed by atoms with Gasteiger partial charge in [-0.05, 0) is 56.2 Å². The summed E-state index contributed by atoms with van der Waals surface area (Å²) in [4.78, 5) is 0.291. The minimum Gasteiger partial charge on any atom is -0.399 e. The van der Waals surface area contributed by atoms with Crippen molar-refractivity contribution in [1.29, 1.82) is 0 Å². The molecule has 0 spiro atoms. The summed E-state index contributed by atoms with van der Waals surface area (Å²) in [7, 11) is -3.59. The van der Waals surface area contributed by atoms with Gasteiger partial charge >= 0.3 is 0 Å². The van der Waals surface area contributed by atoms with Crippen LogP contribution in [0.2, 0.25) is 0 Å². The Hall–Kier alpha value is -2.01. The van der Waals surface area contributed by atoms with E-state index >= 15 is 0 Å². The van der Waals surface area contributed by atoms with Gasteiger partial charge in [0, 0.05) is 5.69 Å². The summed E-state index contributed by atoms with van der Waals surface area (Å²) >= 11 is 0. The van der Waals surface area contributed by atoms with Crippen LogP contribution in [0.15, 0.2) is 41.3 Å². The third-order valence-electron chi connectivity index (χ3n) is 3.11. The molecule has 0 aromatic heterocycles. The highest BCUT2D eigenvalue weighted by molar-refractivity contribution is 7.92. The molecule has 0 radical (unpaired) electrons. The first-order valence-corrected chi connectivity index (χ1v) is 7.74. The molecule has 2 aromatic carbocycles. The zero-order chi connectivity index (χ0) is 14.9. The van der Waals surface area contributed by atoms with E-state index in [2.05, 4.69) is 4.72 Å². The average Bonchev–Trinajstić information content (AvgIpc) is 2.32. The summed E-state index contributed by atoms with van der Waals surface area (Å²) in [5.74, 6) is 0. The van der Waals surface area contributed by atoms with Crippen LogP contribution in [0, 0.1) is 20.8 Å². The molecular formula is C15H18N2O2S. The second kappa shape index (κ2) is 5.17. The molecule has 2 rings (SSSR count). The van der Waals surface area contributed by atoms with Gasteiger partial charge in [0.1, 0.15) is 0 Å². The van der Waals surface area contributed by atoms with Crippen molar-refractivity contribution >= 4 is 21.4 Å². The Morgan fingerprint density at radius 3 is 2.25 bits per heavy atom. The summed E-state index contributed by atoms with van der Waals surface area (Å²) in [6.07, 6.45) is 0. The first kappa shape index (κ1) is 14.4. The van der Waals surface area contributed by atoms with E-state index in [0.717, 1.165) is 16.7 Å². The van der Waals surface area contributed by atoms with Gasteiger partial charge in [-0.2, -0.15) is 0 Å². The van der Waals surface area contributed by atoms with Gasteiger partial charge in [-0.3, -0.25) is 4.72 Å². The maximum absolute atomic E-state index is 12.4. The summed E-state index contributed by atoms with van der Waals surface area (Å²) in [6.45, 7) is 5.54. The Bertz CT molecular complexity index is 752. The fraction of sp³-hybridized carbons (Fsp3) is 0.200. The number of anilines is 2. The van der Waals surface area contributed by atoms with Crippen LogP contribution in [-0.2, 0) is 10.0 Å². The minimum atomic E-state index is -3.59. The molecule has 3 N–H and O–H groups in total. The molecule has 0 amide bonds. The Kier molecular flexibility index (Phi) is 3.72. The van der Waals surface area contributed by atoms with Crippen molar-refractivity contribution in [3.8, 4) is 0 Å². The van der Waals surface area contributed by atoms with Gasteiger partial charge in [0.2, 0.25) is 0 Å². The molecule has 0 fully saturated rings. The van der Waals surface area contributed by atoms with Crippen molar-refractivity contribution in [2.45, 2.75) is 25.7 Å². The first-order valence-electron chi connectivity index (χ1n) is 6.26. The van der Waals surface area contributed by atoms with E-state index in [-0.39, 0.29) is 0 Å². The van der Waals surface area contributed by atoms with Crippen LogP contribution in [0.3, 0.4) is 0 Å². The topological polar surface area (TPSA) is 72.2 Å². The number of sulfonamides is 1. The zero-order valence-corrected chi connectivity index (χ0v) is 12.6. The van der Waals surface area contributed by atoms with Crippen molar-refractivity contribution in [1.82, 2.24) is 0 Å². The standard InChI is InChI=1S/C15H18N2O2S/c1-10-4-7-15(12(3)8-10)20(18,19)17-14-6-5-13(16)9-11(14)2/h4-9,17H,16H2,1-3H3. The summed E-state index contributed by atoms with van der Waals surface area (Å²) < 4.78 is 27.5. The lowest BCUT2D eigenvalue weighted by Gasteiger charge is -2.13. The number of benzene rings is 2. The molecule has 20 heavy (non-hydrogen) atoms. The largest absolute Gasteiger partial charge is 0.399 e. The quantitative estimate of drug-likeness (QED) is 0.854. The van der Waals surface area contributed by atoms with Gasteiger partial charge in [0.15, 0.2) is 0 Å². The zero-order valence-electron chi connectivity index (χ0n) is 11.8. The van der Waals surface area contributed by atoms with Gasteiger partial charge in [0.25, 0.3) is 10.0 Å². The third kappa shape index (κ3) is 2.93. The molecule has 0 aliphatic rings. The molecule has 5 heteroatoms. The molecule has 0 aliphatic heterocycles. The Labute approximate surface area is 119 Å². The van der Waals surface area contributed by atoms with Crippen LogP contribution in [0.5, 0.6) is 0 Å². The number of nitrogens with two attached hydrogens (primary N) is 1. The van der Waals surface area contributed by atoms with Crippen molar-refractivity contribution in [3.05, 3.63) is 53.1 Å². The highest BCUT2D eigenvalue weighted by Crippen LogP contribution is 2.23. The van der Waals surface area contributed by atoms with Crippen molar-refractivity contribution in [2.75, 3.05) is 10.5 Å². The fourth-order valence-electron chi connectivity index (χ4n) is 2.10. The number of rotatable bonds is 3. The maximum atomic E-state index is 12.4. The molecule has 0 saturated heterocycles. The Balaban J connectivity index is 2.41. The van der Waals surface area contributed by atoms with Crippen LogP contribution >= 0.6 is 0 Å². The van der Waals surface area contributed by atoms with Gasteiger partial charge in [0.05, 0.1) is 10.6 Å². The predicted molar refractivity (Wildman–Crippen MR) is 82.3 cm³/mol. The lowest BCUT2D eigenvalue weighted by atomic mass is 10.2. The van der Waals surface area contributed by atoms with E-state index in [0.29, 0.717) is 16.3 Å². The molecular weight excluding hydrogens is 272 g/mol. The van der Waals surface area contributed by atoms with Gasteiger partial charge in [-0.25, -0.2) is 8.42 Å². The van der Waals surface area contributed by atoms with Crippen LogP contribution in [-0.4, -0.2) is 8.42 Å². The lowest BCUT2D eigenvalue weighted by molar-refractivity contribution is 0.600. The average molecular weight is 290 g/mol. The Morgan fingerprint density at radius 1 is 0.950 bits per heavy atom. The molecule has 0 saturated carbocycles. The second-order valence-corrected chi connectivity index (χ2v) is 6.60.